The molecule has 0 aromatic carbocycles. The Labute approximate surface area is 112 Å². The molecule has 106 valence electrons. The third kappa shape index (κ3) is 3.25. The Morgan fingerprint density at radius 2 is 2.17 bits per heavy atom. The van der Waals surface area contributed by atoms with Gasteiger partial charge in [-0.25, -0.2) is 0 Å². The second-order valence-corrected chi connectivity index (χ2v) is 6.76. The zero-order chi connectivity index (χ0) is 13.2. The van der Waals surface area contributed by atoms with Crippen molar-refractivity contribution >= 4 is 0 Å². The molecule has 1 heterocycles. The zero-order valence-electron chi connectivity index (χ0n) is 12.5. The molecular weight excluding hydrogens is 224 g/mol. The van der Waals surface area contributed by atoms with Crippen molar-refractivity contribution < 1.29 is 4.74 Å². The summed E-state index contributed by atoms with van der Waals surface area (Å²) in [4.78, 5) is 2.60. The summed E-state index contributed by atoms with van der Waals surface area (Å²) < 4.78 is 5.63. The first kappa shape index (κ1) is 14.3. The van der Waals surface area contributed by atoms with Crippen LogP contribution in [0.2, 0.25) is 0 Å². The van der Waals surface area contributed by atoms with Gasteiger partial charge in [0.15, 0.2) is 0 Å². The van der Waals surface area contributed by atoms with Crippen molar-refractivity contribution in [2.75, 3.05) is 32.8 Å². The average molecular weight is 254 g/mol. The smallest absolute Gasteiger partial charge is 0.0674 e. The Morgan fingerprint density at radius 3 is 2.83 bits per heavy atom. The first-order valence-corrected chi connectivity index (χ1v) is 7.60. The second-order valence-electron chi connectivity index (χ2n) is 6.76. The molecule has 1 saturated carbocycles. The molecule has 2 aliphatic rings. The third-order valence-corrected chi connectivity index (χ3v) is 4.71. The van der Waals surface area contributed by atoms with Crippen LogP contribution in [-0.2, 0) is 4.74 Å². The van der Waals surface area contributed by atoms with Crippen molar-refractivity contribution in [3.05, 3.63) is 0 Å². The summed E-state index contributed by atoms with van der Waals surface area (Å²) in [5.41, 5.74) is 0.457. The molecule has 1 saturated heterocycles. The van der Waals surface area contributed by atoms with E-state index in [4.69, 9.17) is 4.74 Å². The van der Waals surface area contributed by atoms with E-state index in [0.717, 1.165) is 32.2 Å². The highest BCUT2D eigenvalue weighted by Crippen LogP contribution is 2.41. The van der Waals surface area contributed by atoms with Gasteiger partial charge in [-0.2, -0.15) is 0 Å². The molecule has 3 unspecified atom stereocenters. The van der Waals surface area contributed by atoms with Crippen LogP contribution in [0.4, 0.5) is 0 Å². The van der Waals surface area contributed by atoms with Crippen molar-refractivity contribution in [2.24, 2.45) is 11.3 Å². The highest BCUT2D eigenvalue weighted by atomic mass is 16.5. The average Bonchev–Trinajstić information content (AvgIpc) is 2.57. The molecule has 0 spiro atoms. The van der Waals surface area contributed by atoms with Crippen molar-refractivity contribution in [2.45, 2.75) is 52.7 Å². The van der Waals surface area contributed by atoms with Gasteiger partial charge in [0.05, 0.1) is 12.7 Å². The highest BCUT2D eigenvalue weighted by Gasteiger charge is 2.41. The summed E-state index contributed by atoms with van der Waals surface area (Å²) in [6.45, 7) is 14.7. The molecule has 0 aromatic heterocycles. The quantitative estimate of drug-likeness (QED) is 0.832. The summed E-state index contributed by atoms with van der Waals surface area (Å²) in [6.07, 6.45) is 3.14. The Morgan fingerprint density at radius 1 is 1.39 bits per heavy atom. The number of morpholine rings is 1. The summed E-state index contributed by atoms with van der Waals surface area (Å²) >= 11 is 0. The van der Waals surface area contributed by atoms with Gasteiger partial charge in [-0.15, -0.1) is 0 Å². The monoisotopic (exact) mass is 254 g/mol. The number of nitrogens with one attached hydrogen (secondary N) is 1. The summed E-state index contributed by atoms with van der Waals surface area (Å²) in [5, 5.41) is 3.73. The summed E-state index contributed by atoms with van der Waals surface area (Å²) in [7, 11) is 0. The molecule has 1 aliphatic heterocycles. The van der Waals surface area contributed by atoms with Gasteiger partial charge in [0.2, 0.25) is 0 Å². The van der Waals surface area contributed by atoms with E-state index >= 15 is 0 Å². The van der Waals surface area contributed by atoms with Gasteiger partial charge >= 0.3 is 0 Å². The maximum atomic E-state index is 5.63. The lowest BCUT2D eigenvalue weighted by molar-refractivity contribution is -0.0246. The summed E-state index contributed by atoms with van der Waals surface area (Å²) in [6, 6.07) is 0.681. The molecule has 18 heavy (non-hydrogen) atoms. The number of nitrogens with zero attached hydrogens (tertiary/aromatic N) is 1. The van der Waals surface area contributed by atoms with Crippen LogP contribution in [0.25, 0.3) is 0 Å². The van der Waals surface area contributed by atoms with Crippen molar-refractivity contribution in [1.29, 1.82) is 0 Å². The number of hydrogen-bond acceptors (Lipinski definition) is 3. The van der Waals surface area contributed by atoms with Crippen molar-refractivity contribution in [1.82, 2.24) is 10.2 Å². The van der Waals surface area contributed by atoms with Crippen LogP contribution < -0.4 is 5.32 Å². The van der Waals surface area contributed by atoms with Crippen molar-refractivity contribution in [3.8, 4) is 0 Å². The Bertz CT molecular complexity index is 267. The minimum absolute atomic E-state index is 0.408. The molecule has 2 fully saturated rings. The second kappa shape index (κ2) is 5.89. The van der Waals surface area contributed by atoms with Crippen LogP contribution in [-0.4, -0.2) is 49.8 Å². The Hall–Kier alpha value is -0.120. The maximum Gasteiger partial charge on any atom is 0.0674 e. The lowest BCUT2D eigenvalue weighted by atomic mass is 9.84. The van der Waals surface area contributed by atoms with E-state index in [1.54, 1.807) is 0 Å². The van der Waals surface area contributed by atoms with Crippen LogP contribution in [0.5, 0.6) is 0 Å². The predicted molar refractivity (Wildman–Crippen MR) is 75.8 cm³/mol. The maximum absolute atomic E-state index is 5.63. The fourth-order valence-electron chi connectivity index (χ4n) is 3.77. The van der Waals surface area contributed by atoms with Crippen LogP contribution in [0, 0.1) is 11.3 Å². The zero-order valence-corrected chi connectivity index (χ0v) is 12.5. The van der Waals surface area contributed by atoms with E-state index in [-0.39, 0.29) is 0 Å². The molecule has 0 bridgehead atoms. The lowest BCUT2D eigenvalue weighted by Gasteiger charge is -2.37. The standard InChI is InChI=1S/C15H30N2O/c1-5-16-14-13(6-7-15(14,3)4)11-17-8-9-18-12(2)10-17/h12-14,16H,5-11H2,1-4H3. The van der Waals surface area contributed by atoms with Gasteiger partial charge in [-0.1, -0.05) is 20.8 Å². The largest absolute Gasteiger partial charge is 0.376 e. The van der Waals surface area contributed by atoms with Crippen molar-refractivity contribution in [3.63, 3.8) is 0 Å². The fourth-order valence-corrected chi connectivity index (χ4v) is 3.77. The molecular formula is C15H30N2O. The van der Waals surface area contributed by atoms with E-state index in [2.05, 4.69) is 37.9 Å². The van der Waals surface area contributed by atoms with E-state index < -0.39 is 0 Å². The fraction of sp³-hybridized carbons (Fsp3) is 1.00. The van der Waals surface area contributed by atoms with Gasteiger partial charge in [0.1, 0.15) is 0 Å². The Kier molecular flexibility index (Phi) is 4.68. The predicted octanol–water partition coefficient (Wildman–Crippen LogP) is 2.12. The van der Waals surface area contributed by atoms with Crippen LogP contribution in [0.1, 0.15) is 40.5 Å². The number of ether oxygens (including phenoxy) is 1. The SMILES string of the molecule is CCNC1C(CN2CCOC(C)C2)CCC1(C)C. The van der Waals surface area contributed by atoms with E-state index in [9.17, 15) is 0 Å². The first-order chi connectivity index (χ1) is 8.53. The van der Waals surface area contributed by atoms with E-state index in [1.165, 1.54) is 19.4 Å². The highest BCUT2D eigenvalue weighted by molar-refractivity contribution is 4.97. The van der Waals surface area contributed by atoms with Gasteiger partial charge in [-0.05, 0) is 37.6 Å². The van der Waals surface area contributed by atoms with E-state index in [1.807, 2.05) is 0 Å². The van der Waals surface area contributed by atoms with Gasteiger partial charge in [-0.3, -0.25) is 4.90 Å². The number of rotatable bonds is 4. The molecule has 2 rings (SSSR count). The molecule has 3 nitrogen and oxygen atoms in total. The molecule has 3 heteroatoms. The first-order valence-electron chi connectivity index (χ1n) is 7.60. The topological polar surface area (TPSA) is 24.5 Å². The van der Waals surface area contributed by atoms with Crippen LogP contribution in [0.3, 0.4) is 0 Å². The Balaban J connectivity index is 1.91. The minimum Gasteiger partial charge on any atom is -0.376 e. The molecule has 1 N–H and O–H groups in total. The normalized spacial score (nSPS) is 37.0. The van der Waals surface area contributed by atoms with Gasteiger partial charge in [0, 0.05) is 25.7 Å². The number of hydrogen-bond donors (Lipinski definition) is 1. The third-order valence-electron chi connectivity index (χ3n) is 4.71. The minimum atomic E-state index is 0.408. The molecule has 0 amide bonds. The molecule has 0 radical (unpaired) electrons. The molecule has 1 aliphatic carbocycles. The van der Waals surface area contributed by atoms with E-state index in [0.29, 0.717) is 17.6 Å². The van der Waals surface area contributed by atoms with Crippen LogP contribution in [0.15, 0.2) is 0 Å². The lowest BCUT2D eigenvalue weighted by Crippen LogP contribution is -2.49. The van der Waals surface area contributed by atoms with Crippen LogP contribution >= 0.6 is 0 Å². The van der Waals surface area contributed by atoms with Gasteiger partial charge < -0.3 is 10.1 Å². The summed E-state index contributed by atoms with van der Waals surface area (Å²) in [5.74, 6) is 0.810. The molecule has 3 atom stereocenters. The van der Waals surface area contributed by atoms with Gasteiger partial charge in [0.25, 0.3) is 0 Å². The molecule has 0 aromatic rings.